The molecule has 0 spiro atoms. The predicted molar refractivity (Wildman–Crippen MR) is 91.9 cm³/mol. The summed E-state index contributed by atoms with van der Waals surface area (Å²) in [5.74, 6) is 0.716. The van der Waals surface area contributed by atoms with Crippen LogP contribution in [-0.4, -0.2) is 37.1 Å². The van der Waals surface area contributed by atoms with Gasteiger partial charge in [-0.1, -0.05) is 0 Å². The van der Waals surface area contributed by atoms with Crippen LogP contribution in [0.4, 0.5) is 22.9 Å². The smallest absolute Gasteiger partial charge is 0.321 e. The molecule has 0 N–H and O–H groups in total. The molecule has 0 atom stereocenters. The van der Waals surface area contributed by atoms with Gasteiger partial charge in [0.15, 0.2) is 11.5 Å². The molecule has 126 valence electrons. The third-order valence-corrected chi connectivity index (χ3v) is 4.24. The van der Waals surface area contributed by atoms with Crippen LogP contribution in [0, 0.1) is 13.8 Å². The van der Waals surface area contributed by atoms with E-state index < -0.39 is 0 Å². The lowest BCUT2D eigenvalue weighted by atomic mass is 10.0. The number of ether oxygens (including phenoxy) is 2. The average Bonchev–Trinajstić information content (AvgIpc) is 2.56. The van der Waals surface area contributed by atoms with Crippen molar-refractivity contribution < 1.29 is 14.3 Å². The summed E-state index contributed by atoms with van der Waals surface area (Å²) in [4.78, 5) is 24.6. The second-order valence-electron chi connectivity index (χ2n) is 5.73. The van der Waals surface area contributed by atoms with Gasteiger partial charge in [0, 0.05) is 14.0 Å². The number of hydrogen-bond acceptors (Lipinski definition) is 6. The standard InChI is InChI=1S/C17H20N4O3/c1-9-7-12-13(8-10(9)2)21(11(3)22)14-15(20(12)4)18-17(24-6)19-16(14)23-5/h7-8H,1-6H3. The van der Waals surface area contributed by atoms with Crippen molar-refractivity contribution in [3.63, 3.8) is 0 Å². The molecule has 0 fully saturated rings. The van der Waals surface area contributed by atoms with Crippen LogP contribution in [0.5, 0.6) is 11.9 Å². The van der Waals surface area contributed by atoms with Gasteiger partial charge in [0.1, 0.15) is 0 Å². The maximum Gasteiger partial charge on any atom is 0.321 e. The third kappa shape index (κ3) is 2.24. The Morgan fingerprint density at radius 3 is 2.21 bits per heavy atom. The molecule has 2 aromatic rings. The van der Waals surface area contributed by atoms with Crippen molar-refractivity contribution in [1.82, 2.24) is 9.97 Å². The maximum absolute atomic E-state index is 12.4. The Hall–Kier alpha value is -2.83. The zero-order chi connectivity index (χ0) is 17.6. The first-order chi connectivity index (χ1) is 11.4. The highest BCUT2D eigenvalue weighted by atomic mass is 16.5. The Kier molecular flexibility index (Phi) is 3.79. The first-order valence-corrected chi connectivity index (χ1v) is 7.54. The second-order valence-corrected chi connectivity index (χ2v) is 5.73. The number of carbonyl (C=O) groups excluding carboxylic acids is 1. The van der Waals surface area contributed by atoms with E-state index in [1.54, 1.807) is 4.90 Å². The van der Waals surface area contributed by atoms with Crippen LogP contribution in [0.3, 0.4) is 0 Å². The Balaban J connectivity index is 2.36. The van der Waals surface area contributed by atoms with Crippen LogP contribution in [0.15, 0.2) is 12.1 Å². The van der Waals surface area contributed by atoms with E-state index in [0.717, 1.165) is 22.5 Å². The van der Waals surface area contributed by atoms with Gasteiger partial charge >= 0.3 is 6.01 Å². The van der Waals surface area contributed by atoms with E-state index in [2.05, 4.69) is 9.97 Å². The van der Waals surface area contributed by atoms with E-state index in [-0.39, 0.29) is 11.9 Å². The number of nitrogens with zero attached hydrogens (tertiary/aromatic N) is 4. The molecule has 7 heteroatoms. The monoisotopic (exact) mass is 328 g/mol. The quantitative estimate of drug-likeness (QED) is 0.844. The summed E-state index contributed by atoms with van der Waals surface area (Å²) in [5, 5.41) is 0. The minimum atomic E-state index is -0.138. The molecular formula is C17H20N4O3. The van der Waals surface area contributed by atoms with Crippen LogP contribution in [-0.2, 0) is 4.79 Å². The summed E-state index contributed by atoms with van der Waals surface area (Å²) in [6.07, 6.45) is 0. The fraction of sp³-hybridized carbons (Fsp3) is 0.353. The topological polar surface area (TPSA) is 67.8 Å². The number of fused-ring (bicyclic) bond motifs is 2. The first kappa shape index (κ1) is 16.0. The van der Waals surface area contributed by atoms with Gasteiger partial charge in [-0.05, 0) is 37.1 Å². The molecule has 1 aliphatic rings. The molecule has 0 saturated heterocycles. The first-order valence-electron chi connectivity index (χ1n) is 7.54. The van der Waals surface area contributed by atoms with Crippen LogP contribution >= 0.6 is 0 Å². The fourth-order valence-electron chi connectivity index (χ4n) is 2.86. The fourth-order valence-corrected chi connectivity index (χ4v) is 2.86. The molecule has 0 radical (unpaired) electrons. The van der Waals surface area contributed by atoms with Crippen LogP contribution in [0.25, 0.3) is 0 Å². The van der Waals surface area contributed by atoms with Crippen molar-refractivity contribution in [2.75, 3.05) is 31.1 Å². The van der Waals surface area contributed by atoms with E-state index in [9.17, 15) is 4.79 Å². The summed E-state index contributed by atoms with van der Waals surface area (Å²) in [6, 6.07) is 4.23. The van der Waals surface area contributed by atoms with Gasteiger partial charge in [0.25, 0.3) is 0 Å². The third-order valence-electron chi connectivity index (χ3n) is 4.24. The van der Waals surface area contributed by atoms with Crippen molar-refractivity contribution in [1.29, 1.82) is 0 Å². The zero-order valence-corrected chi connectivity index (χ0v) is 14.7. The van der Waals surface area contributed by atoms with E-state index in [1.807, 2.05) is 37.9 Å². The van der Waals surface area contributed by atoms with Crippen LogP contribution in [0.2, 0.25) is 0 Å². The minimum Gasteiger partial charge on any atom is -0.479 e. The van der Waals surface area contributed by atoms with E-state index in [1.165, 1.54) is 21.1 Å². The van der Waals surface area contributed by atoms with E-state index in [4.69, 9.17) is 9.47 Å². The van der Waals surface area contributed by atoms with Crippen molar-refractivity contribution in [3.8, 4) is 11.9 Å². The van der Waals surface area contributed by atoms with Crippen molar-refractivity contribution in [2.45, 2.75) is 20.8 Å². The molecule has 0 bridgehead atoms. The van der Waals surface area contributed by atoms with Crippen LogP contribution in [0.1, 0.15) is 18.1 Å². The number of anilines is 4. The van der Waals surface area contributed by atoms with Crippen molar-refractivity contribution >= 4 is 28.8 Å². The number of aromatic nitrogens is 2. The highest BCUT2D eigenvalue weighted by molar-refractivity contribution is 6.09. The molecule has 1 aromatic heterocycles. The molecule has 1 aromatic carbocycles. The molecule has 7 nitrogen and oxygen atoms in total. The van der Waals surface area contributed by atoms with Gasteiger partial charge in [0.05, 0.1) is 25.6 Å². The minimum absolute atomic E-state index is 0.138. The molecular weight excluding hydrogens is 308 g/mol. The molecule has 0 unspecified atom stereocenters. The number of aryl methyl sites for hydroxylation is 2. The predicted octanol–water partition coefficient (Wildman–Crippen LogP) is 2.88. The van der Waals surface area contributed by atoms with Gasteiger partial charge in [-0.25, -0.2) is 0 Å². The SMILES string of the molecule is COc1nc(OC)c2c(n1)N(C)c1cc(C)c(C)cc1N2C(C)=O. The number of hydrogen-bond donors (Lipinski definition) is 0. The maximum atomic E-state index is 12.4. The number of rotatable bonds is 2. The zero-order valence-electron chi connectivity index (χ0n) is 14.7. The summed E-state index contributed by atoms with van der Waals surface area (Å²) >= 11 is 0. The van der Waals surface area contributed by atoms with Crippen LogP contribution < -0.4 is 19.3 Å². The highest BCUT2D eigenvalue weighted by Gasteiger charge is 2.35. The Morgan fingerprint density at radius 1 is 1.04 bits per heavy atom. The summed E-state index contributed by atoms with van der Waals surface area (Å²) < 4.78 is 10.6. The molecule has 3 rings (SSSR count). The lowest BCUT2D eigenvalue weighted by molar-refractivity contribution is -0.115. The lowest BCUT2D eigenvalue weighted by Gasteiger charge is -2.36. The second kappa shape index (κ2) is 5.67. The molecule has 1 aliphatic heterocycles. The van der Waals surface area contributed by atoms with Gasteiger partial charge in [-0.3, -0.25) is 9.69 Å². The van der Waals surface area contributed by atoms with Crippen molar-refractivity contribution in [3.05, 3.63) is 23.3 Å². The van der Waals surface area contributed by atoms with Crippen molar-refractivity contribution in [2.24, 2.45) is 0 Å². The van der Waals surface area contributed by atoms with E-state index >= 15 is 0 Å². The lowest BCUT2D eigenvalue weighted by Crippen LogP contribution is -2.32. The Morgan fingerprint density at radius 2 is 1.67 bits per heavy atom. The summed E-state index contributed by atoms with van der Waals surface area (Å²) in [5.41, 5.74) is 4.44. The number of methoxy groups -OCH3 is 2. The highest BCUT2D eigenvalue weighted by Crippen LogP contribution is 2.50. The molecule has 24 heavy (non-hydrogen) atoms. The molecule has 0 aliphatic carbocycles. The number of carbonyl (C=O) groups is 1. The van der Waals surface area contributed by atoms with Gasteiger partial charge in [0.2, 0.25) is 11.8 Å². The Labute approximate surface area is 140 Å². The van der Waals surface area contributed by atoms with Gasteiger partial charge in [-0.2, -0.15) is 9.97 Å². The molecule has 1 amide bonds. The normalized spacial score (nSPS) is 12.6. The number of benzene rings is 1. The molecule has 2 heterocycles. The largest absolute Gasteiger partial charge is 0.479 e. The van der Waals surface area contributed by atoms with Gasteiger partial charge < -0.3 is 14.4 Å². The Bertz CT molecular complexity index is 835. The van der Waals surface area contributed by atoms with Gasteiger partial charge in [-0.15, -0.1) is 0 Å². The molecule has 0 saturated carbocycles. The summed E-state index contributed by atoms with van der Waals surface area (Å²) in [6.45, 7) is 5.57. The number of amides is 1. The summed E-state index contributed by atoms with van der Waals surface area (Å²) in [7, 11) is 4.90. The van der Waals surface area contributed by atoms with E-state index in [0.29, 0.717) is 17.4 Å². The average molecular weight is 328 g/mol.